The van der Waals surface area contributed by atoms with E-state index in [1.165, 1.54) is 19.8 Å². The SMILES string of the molecule is CC.CC(=O)C12CC1C2.CC(=O)CC#N. The number of rotatable bonds is 2. The number of nitrogens with zero attached hydrogens (tertiary/aromatic N) is 1. The van der Waals surface area contributed by atoms with Crippen molar-refractivity contribution in [3.63, 3.8) is 0 Å². The molecule has 0 aromatic carbocycles. The van der Waals surface area contributed by atoms with Crippen molar-refractivity contribution in [2.45, 2.75) is 47.0 Å². The van der Waals surface area contributed by atoms with E-state index in [1.54, 1.807) is 13.0 Å². The summed E-state index contributed by atoms with van der Waals surface area (Å²) in [7, 11) is 0. The van der Waals surface area contributed by atoms with Crippen LogP contribution in [0.3, 0.4) is 0 Å². The van der Waals surface area contributed by atoms with Gasteiger partial charge in [-0.1, -0.05) is 13.8 Å². The topological polar surface area (TPSA) is 57.9 Å². The van der Waals surface area contributed by atoms with Gasteiger partial charge in [0.05, 0.1) is 12.5 Å². The first-order chi connectivity index (χ1) is 7.03. The maximum absolute atomic E-state index is 10.6. The Labute approximate surface area is 91.5 Å². The molecule has 2 aliphatic carbocycles. The summed E-state index contributed by atoms with van der Waals surface area (Å²) in [5.41, 5.74) is 0.278. The normalized spacial score (nSPS) is 27.8. The van der Waals surface area contributed by atoms with E-state index in [4.69, 9.17) is 5.26 Å². The molecule has 3 nitrogen and oxygen atoms in total. The van der Waals surface area contributed by atoms with Crippen LogP contribution in [0.1, 0.15) is 47.0 Å². The van der Waals surface area contributed by atoms with Crippen LogP contribution in [0.4, 0.5) is 0 Å². The molecule has 2 saturated carbocycles. The van der Waals surface area contributed by atoms with Crippen LogP contribution in [0.15, 0.2) is 0 Å². The molecule has 2 fully saturated rings. The zero-order valence-electron chi connectivity index (χ0n) is 9.96. The molecule has 2 rings (SSSR count). The molecule has 0 atom stereocenters. The van der Waals surface area contributed by atoms with Crippen LogP contribution in [-0.2, 0) is 9.59 Å². The van der Waals surface area contributed by atoms with Gasteiger partial charge in [-0.25, -0.2) is 0 Å². The fourth-order valence-corrected chi connectivity index (χ4v) is 1.39. The number of ketones is 2. The summed E-state index contributed by atoms with van der Waals surface area (Å²) in [6.45, 7) is 7.11. The molecule has 0 bridgehead atoms. The van der Waals surface area contributed by atoms with Gasteiger partial charge in [-0.15, -0.1) is 0 Å². The molecule has 2 aliphatic rings. The molecule has 84 valence electrons. The minimum absolute atomic E-state index is 0.0417. The Morgan fingerprint density at radius 2 is 1.73 bits per heavy atom. The fourth-order valence-electron chi connectivity index (χ4n) is 1.39. The van der Waals surface area contributed by atoms with Crippen molar-refractivity contribution in [1.29, 1.82) is 5.26 Å². The van der Waals surface area contributed by atoms with Gasteiger partial charge in [0.15, 0.2) is 0 Å². The molecule has 0 spiro atoms. The number of carbonyl (C=O) groups is 2. The first-order valence-electron chi connectivity index (χ1n) is 5.40. The van der Waals surface area contributed by atoms with Crippen LogP contribution < -0.4 is 0 Å². The zero-order valence-corrected chi connectivity index (χ0v) is 9.96. The highest BCUT2D eigenvalue weighted by Gasteiger charge is 2.72. The maximum atomic E-state index is 10.6. The minimum Gasteiger partial charge on any atom is -0.299 e. The molecule has 0 aliphatic heterocycles. The summed E-state index contributed by atoms with van der Waals surface area (Å²) in [6, 6.07) is 1.72. The molecule has 0 saturated heterocycles. The fraction of sp³-hybridized carbons (Fsp3) is 0.750. The van der Waals surface area contributed by atoms with Gasteiger partial charge in [0, 0.05) is 5.41 Å². The van der Waals surface area contributed by atoms with Crippen molar-refractivity contribution < 1.29 is 9.59 Å². The van der Waals surface area contributed by atoms with Crippen LogP contribution in [0.25, 0.3) is 0 Å². The van der Waals surface area contributed by atoms with Crippen molar-refractivity contribution in [2.24, 2.45) is 11.3 Å². The third kappa shape index (κ3) is 3.83. The molecular weight excluding hydrogens is 190 g/mol. The molecule has 0 amide bonds. The summed E-state index contributed by atoms with van der Waals surface area (Å²) in [6.07, 6.45) is 2.46. The Bertz CT molecular complexity index is 282. The van der Waals surface area contributed by atoms with Crippen molar-refractivity contribution in [3.8, 4) is 6.07 Å². The maximum Gasteiger partial charge on any atom is 0.143 e. The van der Waals surface area contributed by atoms with Crippen LogP contribution in [0.2, 0.25) is 0 Å². The number of Topliss-reactive ketones (excluding diaryl/α,β-unsaturated/α-hetero) is 2. The predicted molar refractivity (Wildman–Crippen MR) is 58.1 cm³/mol. The summed E-state index contributed by atoms with van der Waals surface area (Å²) < 4.78 is 0. The first kappa shape index (κ1) is 13.8. The average Bonchev–Trinajstić information content (AvgIpc) is 2.94. The second-order valence-electron chi connectivity index (χ2n) is 3.85. The molecule has 0 aromatic heterocycles. The minimum atomic E-state index is -0.0718. The van der Waals surface area contributed by atoms with Crippen molar-refractivity contribution in [3.05, 3.63) is 0 Å². The number of hydrogen-bond acceptors (Lipinski definition) is 3. The Morgan fingerprint density at radius 1 is 1.33 bits per heavy atom. The number of fused-ring (bicyclic) bond motifs is 1. The lowest BCUT2D eigenvalue weighted by Crippen LogP contribution is -1.98. The second-order valence-corrected chi connectivity index (χ2v) is 3.85. The highest BCUT2D eigenvalue weighted by atomic mass is 16.1. The van der Waals surface area contributed by atoms with Gasteiger partial charge < -0.3 is 0 Å². The van der Waals surface area contributed by atoms with E-state index >= 15 is 0 Å². The van der Waals surface area contributed by atoms with Gasteiger partial charge in [-0.2, -0.15) is 5.26 Å². The van der Waals surface area contributed by atoms with Gasteiger partial charge in [0.2, 0.25) is 0 Å². The van der Waals surface area contributed by atoms with Crippen molar-refractivity contribution in [1.82, 2.24) is 0 Å². The van der Waals surface area contributed by atoms with Gasteiger partial charge >= 0.3 is 0 Å². The summed E-state index contributed by atoms with van der Waals surface area (Å²) in [5, 5.41) is 7.77. The van der Waals surface area contributed by atoms with Crippen LogP contribution in [0, 0.1) is 22.7 Å². The zero-order chi connectivity index (χ0) is 12.1. The van der Waals surface area contributed by atoms with Crippen molar-refractivity contribution >= 4 is 11.6 Å². The van der Waals surface area contributed by atoms with Crippen LogP contribution >= 0.6 is 0 Å². The number of carbonyl (C=O) groups excluding carboxylic acids is 2. The van der Waals surface area contributed by atoms with Gasteiger partial charge in [0.25, 0.3) is 0 Å². The predicted octanol–water partition coefficient (Wildman–Crippen LogP) is 2.50. The molecule has 0 N–H and O–H groups in total. The number of nitriles is 1. The smallest absolute Gasteiger partial charge is 0.143 e. The standard InChI is InChI=1S/C6H8O.C4H5NO.C2H6/c1-4(7)6-2-5(6)3-6;1-4(6)2-3-5;1-2/h5H,2-3H2,1H3;2H2,1H3;1-2H3. The highest BCUT2D eigenvalue weighted by molar-refractivity contribution is 5.89. The lowest BCUT2D eigenvalue weighted by molar-refractivity contribution is -0.120. The molecule has 0 radical (unpaired) electrons. The van der Waals surface area contributed by atoms with Gasteiger partial charge in [-0.05, 0) is 32.6 Å². The quantitative estimate of drug-likeness (QED) is 0.702. The average molecular weight is 209 g/mol. The van der Waals surface area contributed by atoms with E-state index in [9.17, 15) is 9.59 Å². The van der Waals surface area contributed by atoms with E-state index in [0.717, 1.165) is 5.92 Å². The molecule has 0 aromatic rings. The van der Waals surface area contributed by atoms with E-state index in [1.807, 2.05) is 13.8 Å². The third-order valence-electron chi connectivity index (χ3n) is 2.71. The molecule has 15 heavy (non-hydrogen) atoms. The summed E-state index contributed by atoms with van der Waals surface area (Å²) in [4.78, 5) is 20.4. The van der Waals surface area contributed by atoms with Crippen LogP contribution in [-0.4, -0.2) is 11.6 Å². The van der Waals surface area contributed by atoms with Gasteiger partial charge in [-0.3, -0.25) is 9.59 Å². The molecule has 3 heteroatoms. The first-order valence-corrected chi connectivity index (χ1v) is 5.40. The lowest BCUT2D eigenvalue weighted by atomic mass is 10.1. The van der Waals surface area contributed by atoms with E-state index in [-0.39, 0.29) is 17.6 Å². The Hall–Kier alpha value is -1.17. The highest BCUT2D eigenvalue weighted by Crippen LogP contribution is 2.75. The molecule has 0 unspecified atom stereocenters. The van der Waals surface area contributed by atoms with E-state index in [0.29, 0.717) is 5.78 Å². The number of hydrogen-bond donors (Lipinski definition) is 0. The largest absolute Gasteiger partial charge is 0.299 e. The molecular formula is C12H19NO2. The summed E-state index contributed by atoms with van der Waals surface area (Å²) in [5.74, 6) is 1.19. The van der Waals surface area contributed by atoms with E-state index in [2.05, 4.69) is 0 Å². The Balaban J connectivity index is 0.000000229. The third-order valence-corrected chi connectivity index (χ3v) is 2.71. The van der Waals surface area contributed by atoms with E-state index < -0.39 is 0 Å². The Morgan fingerprint density at radius 3 is 1.73 bits per heavy atom. The van der Waals surface area contributed by atoms with Crippen molar-refractivity contribution in [2.75, 3.05) is 0 Å². The Kier molecular flexibility index (Phi) is 5.21. The van der Waals surface area contributed by atoms with Gasteiger partial charge in [0.1, 0.15) is 11.6 Å². The van der Waals surface area contributed by atoms with Crippen LogP contribution in [0.5, 0.6) is 0 Å². The summed E-state index contributed by atoms with van der Waals surface area (Å²) >= 11 is 0. The monoisotopic (exact) mass is 209 g/mol. The second kappa shape index (κ2) is 5.65. The molecule has 0 heterocycles. The lowest BCUT2D eigenvalue weighted by Gasteiger charge is -1.89.